The average Bonchev–Trinajstić information content (AvgIpc) is 3.50. The number of fused-ring (bicyclic) bond motifs is 6. The van der Waals surface area contributed by atoms with Crippen LogP contribution in [0.5, 0.6) is 0 Å². The quantitative estimate of drug-likeness (QED) is 0.109. The number of ketones is 1. The van der Waals surface area contributed by atoms with E-state index in [1.165, 1.54) is 44.2 Å². The largest absolute Gasteiger partial charge is 0.512 e. The average molecular weight is 853 g/mol. The number of thioether (sulfide) groups is 1. The number of carbonyl (C=O) groups excluding carboxylic acids is 1. The molecule has 0 fully saturated rings. The van der Waals surface area contributed by atoms with Crippen molar-refractivity contribution in [2.75, 3.05) is 0 Å². The fourth-order valence-electron chi connectivity index (χ4n) is 8.63. The Morgan fingerprint density at radius 3 is 2.12 bits per heavy atom. The molecule has 0 bridgehead atoms. The molecule has 6 rings (SSSR count). The first-order valence-corrected chi connectivity index (χ1v) is 18.6. The van der Waals surface area contributed by atoms with Crippen molar-refractivity contribution in [2.24, 2.45) is 35.5 Å². The molecular weight excluding hydrogens is 799 g/mol. The summed E-state index contributed by atoms with van der Waals surface area (Å²) in [6.45, 7) is 23.5. The Morgan fingerprint density at radius 1 is 0.857 bits per heavy atom. The Hall–Kier alpha value is -2.72. The third-order valence-electron chi connectivity index (χ3n) is 10.5. The summed E-state index contributed by atoms with van der Waals surface area (Å²) in [5, 5.41) is 11.9. The fraction of sp³-hybridized carbons (Fsp3) is 0.455. The first-order chi connectivity index (χ1) is 22.6. The Kier molecular flexibility index (Phi) is 12.5. The summed E-state index contributed by atoms with van der Waals surface area (Å²) in [5.41, 5.74) is 8.94. The monoisotopic (exact) mass is 853 g/mol. The number of nitrogens with zero attached hydrogens (tertiary/aromatic N) is 1. The minimum absolute atomic E-state index is 0. The number of aryl methyl sites for hydroxylation is 1. The van der Waals surface area contributed by atoms with Crippen LogP contribution in [0.25, 0.3) is 22.2 Å². The SMILES string of the molecule is CC(C)C(C(=O)/C=C(\O)C(C(C)C)C(C)C)C(C)C.Cc1ccc2nc(-c3[c-]ccc4c3C(C)(C)C3c5ccccc5SC43)ccc2c1.[Ir]. The number of carbonyl (C=O) groups is 1. The van der Waals surface area contributed by atoms with E-state index < -0.39 is 0 Å². The zero-order valence-corrected chi connectivity index (χ0v) is 34.3. The van der Waals surface area contributed by atoms with Crippen LogP contribution in [0.3, 0.4) is 0 Å². The van der Waals surface area contributed by atoms with Crippen LogP contribution in [0.4, 0.5) is 0 Å². The van der Waals surface area contributed by atoms with Gasteiger partial charge in [-0.05, 0) is 70.9 Å². The molecule has 0 spiro atoms. The smallest absolute Gasteiger partial charge is 0.162 e. The summed E-state index contributed by atoms with van der Waals surface area (Å²) >= 11 is 2.03. The molecule has 3 nitrogen and oxygen atoms in total. The van der Waals surface area contributed by atoms with Gasteiger partial charge in [0.25, 0.3) is 0 Å². The third-order valence-corrected chi connectivity index (χ3v) is 11.9. The molecule has 49 heavy (non-hydrogen) atoms. The van der Waals surface area contributed by atoms with Crippen LogP contribution in [-0.2, 0) is 30.3 Å². The Morgan fingerprint density at radius 2 is 1.49 bits per heavy atom. The zero-order valence-electron chi connectivity index (χ0n) is 31.1. The number of allylic oxidation sites excluding steroid dienone is 2. The molecule has 263 valence electrons. The molecule has 1 N–H and O–H groups in total. The summed E-state index contributed by atoms with van der Waals surface area (Å²) < 4.78 is 0. The van der Waals surface area contributed by atoms with Crippen molar-refractivity contribution >= 4 is 28.4 Å². The number of pyridine rings is 1. The van der Waals surface area contributed by atoms with Gasteiger partial charge in [0.15, 0.2) is 5.78 Å². The van der Waals surface area contributed by atoms with E-state index in [1.807, 2.05) is 11.8 Å². The van der Waals surface area contributed by atoms with Crippen molar-refractivity contribution in [1.29, 1.82) is 0 Å². The van der Waals surface area contributed by atoms with Gasteiger partial charge in [0, 0.05) is 54.1 Å². The van der Waals surface area contributed by atoms with E-state index in [1.54, 1.807) is 0 Å². The predicted octanol–water partition coefficient (Wildman–Crippen LogP) is 12.1. The molecule has 2 aliphatic rings. The van der Waals surface area contributed by atoms with E-state index in [9.17, 15) is 9.90 Å². The van der Waals surface area contributed by atoms with Crippen molar-refractivity contribution in [1.82, 2.24) is 4.98 Å². The third kappa shape index (κ3) is 7.80. The molecule has 3 aromatic carbocycles. The van der Waals surface area contributed by atoms with Crippen LogP contribution in [0.15, 0.2) is 83.5 Å². The second-order valence-corrected chi connectivity index (χ2v) is 17.0. The maximum Gasteiger partial charge on any atom is 0.162 e. The Bertz CT molecular complexity index is 1810. The van der Waals surface area contributed by atoms with Gasteiger partial charge in [-0.3, -0.25) is 9.78 Å². The normalized spacial score (nSPS) is 17.8. The van der Waals surface area contributed by atoms with Crippen molar-refractivity contribution in [3.8, 4) is 11.3 Å². The van der Waals surface area contributed by atoms with E-state index in [0.717, 1.165) is 11.2 Å². The minimum atomic E-state index is -0.0119. The number of aliphatic hydroxyl groups excluding tert-OH is 1. The van der Waals surface area contributed by atoms with E-state index in [-0.39, 0.29) is 48.9 Å². The van der Waals surface area contributed by atoms with Gasteiger partial charge in [-0.2, -0.15) is 0 Å². The molecule has 1 aliphatic carbocycles. The second kappa shape index (κ2) is 15.7. The van der Waals surface area contributed by atoms with Gasteiger partial charge in [0.2, 0.25) is 0 Å². The van der Waals surface area contributed by atoms with Crippen LogP contribution in [-0.4, -0.2) is 15.9 Å². The molecule has 2 heterocycles. The van der Waals surface area contributed by atoms with Crippen LogP contribution >= 0.6 is 11.8 Å². The summed E-state index contributed by atoms with van der Waals surface area (Å²) in [7, 11) is 0. The molecule has 2 atom stereocenters. The van der Waals surface area contributed by atoms with Gasteiger partial charge in [-0.15, -0.1) is 46.7 Å². The number of rotatable bonds is 8. The second-order valence-electron chi connectivity index (χ2n) is 15.9. The van der Waals surface area contributed by atoms with Gasteiger partial charge in [-0.1, -0.05) is 111 Å². The molecular formula is C44H54IrNO2S-. The van der Waals surface area contributed by atoms with Gasteiger partial charge < -0.3 is 5.11 Å². The maximum absolute atomic E-state index is 12.3. The minimum Gasteiger partial charge on any atom is -0.512 e. The molecule has 0 saturated heterocycles. The predicted molar refractivity (Wildman–Crippen MR) is 204 cm³/mol. The van der Waals surface area contributed by atoms with Gasteiger partial charge >= 0.3 is 0 Å². The first kappa shape index (κ1) is 39.1. The van der Waals surface area contributed by atoms with E-state index in [2.05, 4.69) is 149 Å². The maximum atomic E-state index is 12.3. The molecule has 2 unspecified atom stereocenters. The van der Waals surface area contributed by atoms with E-state index in [4.69, 9.17) is 4.98 Å². The summed E-state index contributed by atoms with van der Waals surface area (Å²) in [6, 6.07) is 27.7. The molecule has 1 aliphatic heterocycles. The molecule has 1 radical (unpaired) electrons. The topological polar surface area (TPSA) is 50.2 Å². The van der Waals surface area contributed by atoms with Gasteiger partial charge in [-0.25, -0.2) is 0 Å². The molecule has 5 heteroatoms. The number of hydrogen-bond donors (Lipinski definition) is 1. The molecule has 0 amide bonds. The van der Waals surface area contributed by atoms with Crippen molar-refractivity contribution in [2.45, 2.75) is 97.6 Å². The van der Waals surface area contributed by atoms with Crippen LogP contribution in [0.1, 0.15) is 103 Å². The Balaban J connectivity index is 0.000000239. The number of aliphatic hydroxyl groups is 1. The summed E-state index contributed by atoms with van der Waals surface area (Å²) in [5.74, 6) is 2.12. The number of hydrogen-bond acceptors (Lipinski definition) is 4. The number of aromatic nitrogens is 1. The fourth-order valence-corrected chi connectivity index (χ4v) is 10.3. The summed E-state index contributed by atoms with van der Waals surface area (Å²) in [4.78, 5) is 18.8. The standard InChI is InChI=1S/C27H22NS.C17H32O2.Ir/c1-16-11-13-21-17(15-16)12-14-22(28-21)18-8-6-9-20-24(18)27(2,3)25-19-7-4-5-10-23(19)29-26(20)25;1-10(2)16(11(3)4)14(18)9-15(19)17(12(5)6)13(7)8;/h4-7,9-15,25-26H,1-3H3;9-13,16-18H,1-8H3;/q-1;;/b;14-9-;. The van der Waals surface area contributed by atoms with Gasteiger partial charge in [0.1, 0.15) is 0 Å². The van der Waals surface area contributed by atoms with Gasteiger partial charge in [0.05, 0.1) is 11.3 Å². The Labute approximate surface area is 313 Å². The van der Waals surface area contributed by atoms with E-state index in [0.29, 0.717) is 34.8 Å². The van der Waals surface area contributed by atoms with Crippen LogP contribution < -0.4 is 0 Å². The van der Waals surface area contributed by atoms with Crippen LogP contribution in [0.2, 0.25) is 0 Å². The van der Waals surface area contributed by atoms with Crippen molar-refractivity contribution < 1.29 is 30.0 Å². The number of benzene rings is 3. The molecule has 0 saturated carbocycles. The van der Waals surface area contributed by atoms with Crippen molar-refractivity contribution in [3.63, 3.8) is 0 Å². The van der Waals surface area contributed by atoms with Crippen LogP contribution in [0, 0.1) is 48.5 Å². The first-order valence-electron chi connectivity index (χ1n) is 17.8. The molecule has 4 aromatic rings. The molecule has 1 aromatic heterocycles. The summed E-state index contributed by atoms with van der Waals surface area (Å²) in [6.07, 6.45) is 1.48. The van der Waals surface area contributed by atoms with Crippen molar-refractivity contribution in [3.05, 3.63) is 107 Å². The zero-order chi connectivity index (χ0) is 35.1. The van der Waals surface area contributed by atoms with E-state index >= 15 is 0 Å².